The largest absolute Gasteiger partial charge is 0.324 e. The van der Waals surface area contributed by atoms with Crippen molar-refractivity contribution in [1.29, 1.82) is 0 Å². The van der Waals surface area contributed by atoms with Crippen LogP contribution in [0, 0.1) is 0 Å². The summed E-state index contributed by atoms with van der Waals surface area (Å²) in [6.45, 7) is 2.00. The van der Waals surface area contributed by atoms with Crippen LogP contribution in [0.4, 0.5) is 0 Å². The SMILES string of the molecule is CC(N)c1ccc(SCc2cncc(Br)c2)cc1. The van der Waals surface area contributed by atoms with E-state index in [0.29, 0.717) is 0 Å². The van der Waals surface area contributed by atoms with E-state index >= 15 is 0 Å². The quantitative estimate of drug-likeness (QED) is 0.859. The Morgan fingerprint density at radius 2 is 2.00 bits per heavy atom. The summed E-state index contributed by atoms with van der Waals surface area (Å²) < 4.78 is 1.02. The monoisotopic (exact) mass is 322 g/mol. The molecule has 2 aromatic rings. The second-order valence-electron chi connectivity index (χ2n) is 4.16. The van der Waals surface area contributed by atoms with E-state index in [1.165, 1.54) is 16.0 Å². The molecule has 2 nitrogen and oxygen atoms in total. The van der Waals surface area contributed by atoms with Gasteiger partial charge in [-0.2, -0.15) is 0 Å². The van der Waals surface area contributed by atoms with Crippen LogP contribution in [0.5, 0.6) is 0 Å². The molecule has 0 amide bonds. The smallest absolute Gasteiger partial charge is 0.0410 e. The van der Waals surface area contributed by atoms with Gasteiger partial charge in [-0.15, -0.1) is 11.8 Å². The number of benzene rings is 1. The Morgan fingerprint density at radius 1 is 1.28 bits per heavy atom. The maximum atomic E-state index is 5.83. The molecule has 0 radical (unpaired) electrons. The fourth-order valence-electron chi connectivity index (χ4n) is 1.57. The minimum absolute atomic E-state index is 0.0957. The average Bonchev–Trinajstić information content (AvgIpc) is 2.37. The number of halogens is 1. The van der Waals surface area contributed by atoms with Crippen LogP contribution >= 0.6 is 27.7 Å². The van der Waals surface area contributed by atoms with Crippen molar-refractivity contribution >= 4 is 27.7 Å². The molecule has 0 saturated carbocycles. The summed E-state index contributed by atoms with van der Waals surface area (Å²) in [4.78, 5) is 5.41. The van der Waals surface area contributed by atoms with Gasteiger partial charge in [0.05, 0.1) is 0 Å². The number of nitrogens with two attached hydrogens (primary N) is 1. The summed E-state index contributed by atoms with van der Waals surface area (Å²) >= 11 is 5.23. The first-order valence-corrected chi connectivity index (χ1v) is 7.51. The lowest BCUT2D eigenvalue weighted by molar-refractivity contribution is 0.817. The fourth-order valence-corrected chi connectivity index (χ4v) is 2.80. The van der Waals surface area contributed by atoms with Gasteiger partial charge in [-0.1, -0.05) is 12.1 Å². The summed E-state index contributed by atoms with van der Waals surface area (Å²) in [7, 11) is 0. The van der Waals surface area contributed by atoms with E-state index in [1.54, 1.807) is 18.0 Å². The van der Waals surface area contributed by atoms with E-state index in [0.717, 1.165) is 10.2 Å². The van der Waals surface area contributed by atoms with Gasteiger partial charge in [0.1, 0.15) is 0 Å². The van der Waals surface area contributed by atoms with Gasteiger partial charge in [-0.3, -0.25) is 4.98 Å². The lowest BCUT2D eigenvalue weighted by Crippen LogP contribution is -2.04. The van der Waals surface area contributed by atoms with Crippen molar-refractivity contribution in [3.8, 4) is 0 Å². The molecule has 18 heavy (non-hydrogen) atoms. The van der Waals surface area contributed by atoms with E-state index in [9.17, 15) is 0 Å². The normalized spacial score (nSPS) is 12.4. The second-order valence-corrected chi connectivity index (χ2v) is 6.12. The molecular weight excluding hydrogens is 308 g/mol. The van der Waals surface area contributed by atoms with E-state index in [1.807, 2.05) is 13.1 Å². The molecule has 94 valence electrons. The van der Waals surface area contributed by atoms with Gasteiger partial charge in [-0.05, 0) is 52.2 Å². The Bertz CT molecular complexity index is 511. The number of aromatic nitrogens is 1. The molecule has 0 fully saturated rings. The molecule has 0 saturated heterocycles. The Hall–Kier alpha value is -0.840. The molecule has 1 unspecified atom stereocenters. The summed E-state index contributed by atoms with van der Waals surface area (Å²) in [6.07, 6.45) is 3.69. The number of hydrogen-bond donors (Lipinski definition) is 1. The first-order chi connectivity index (χ1) is 8.65. The molecule has 0 aliphatic rings. The lowest BCUT2D eigenvalue weighted by Gasteiger charge is -2.07. The highest BCUT2D eigenvalue weighted by atomic mass is 79.9. The van der Waals surface area contributed by atoms with Crippen molar-refractivity contribution < 1.29 is 0 Å². The number of pyridine rings is 1. The van der Waals surface area contributed by atoms with Gasteiger partial charge in [0.15, 0.2) is 0 Å². The minimum atomic E-state index is 0.0957. The highest BCUT2D eigenvalue weighted by Crippen LogP contribution is 2.24. The van der Waals surface area contributed by atoms with E-state index in [4.69, 9.17) is 5.73 Å². The van der Waals surface area contributed by atoms with Crippen molar-refractivity contribution in [3.05, 3.63) is 58.3 Å². The molecule has 0 spiro atoms. The van der Waals surface area contributed by atoms with E-state index < -0.39 is 0 Å². The molecule has 1 aromatic heterocycles. The van der Waals surface area contributed by atoms with Crippen LogP contribution in [0.2, 0.25) is 0 Å². The topological polar surface area (TPSA) is 38.9 Å². The lowest BCUT2D eigenvalue weighted by atomic mass is 10.1. The first-order valence-electron chi connectivity index (χ1n) is 5.73. The Labute approximate surface area is 120 Å². The molecule has 2 rings (SSSR count). The Morgan fingerprint density at radius 3 is 2.61 bits per heavy atom. The third-order valence-electron chi connectivity index (χ3n) is 2.57. The van der Waals surface area contributed by atoms with Crippen molar-refractivity contribution in [2.45, 2.75) is 23.6 Å². The molecule has 0 bridgehead atoms. The predicted octanol–water partition coefficient (Wildman–Crippen LogP) is 4.16. The molecule has 1 heterocycles. The molecule has 1 aromatic carbocycles. The minimum Gasteiger partial charge on any atom is -0.324 e. The number of rotatable bonds is 4. The van der Waals surface area contributed by atoms with Crippen LogP contribution in [-0.4, -0.2) is 4.98 Å². The third kappa shape index (κ3) is 3.83. The van der Waals surface area contributed by atoms with Gasteiger partial charge < -0.3 is 5.73 Å². The summed E-state index contributed by atoms with van der Waals surface area (Å²) in [6, 6.07) is 10.6. The molecule has 2 N–H and O–H groups in total. The molecule has 0 aliphatic heterocycles. The van der Waals surface area contributed by atoms with Crippen LogP contribution < -0.4 is 5.73 Å². The Kier molecular flexibility index (Phi) is 4.80. The summed E-state index contributed by atoms with van der Waals surface area (Å²) in [5, 5.41) is 0. The maximum Gasteiger partial charge on any atom is 0.0410 e. The third-order valence-corrected chi connectivity index (χ3v) is 4.09. The summed E-state index contributed by atoms with van der Waals surface area (Å²) in [5.41, 5.74) is 8.21. The molecule has 1 atom stereocenters. The highest BCUT2D eigenvalue weighted by Gasteiger charge is 2.01. The van der Waals surface area contributed by atoms with E-state index in [-0.39, 0.29) is 6.04 Å². The van der Waals surface area contributed by atoms with E-state index in [2.05, 4.69) is 51.2 Å². The standard InChI is InChI=1S/C14H15BrN2S/c1-10(16)12-2-4-14(5-3-12)18-9-11-6-13(15)8-17-7-11/h2-8,10H,9,16H2,1H3. The van der Waals surface area contributed by atoms with Gasteiger partial charge in [0, 0.05) is 33.6 Å². The average molecular weight is 323 g/mol. The Balaban J connectivity index is 1.98. The number of thioether (sulfide) groups is 1. The predicted molar refractivity (Wildman–Crippen MR) is 80.5 cm³/mol. The van der Waals surface area contributed by atoms with Crippen LogP contribution in [0.25, 0.3) is 0 Å². The van der Waals surface area contributed by atoms with Crippen molar-refractivity contribution in [2.24, 2.45) is 5.73 Å². The van der Waals surface area contributed by atoms with Crippen LogP contribution in [0.15, 0.2) is 52.1 Å². The molecular formula is C14H15BrN2S. The van der Waals surface area contributed by atoms with Gasteiger partial charge in [-0.25, -0.2) is 0 Å². The van der Waals surface area contributed by atoms with Gasteiger partial charge >= 0.3 is 0 Å². The van der Waals surface area contributed by atoms with Crippen molar-refractivity contribution in [3.63, 3.8) is 0 Å². The van der Waals surface area contributed by atoms with Crippen molar-refractivity contribution in [2.75, 3.05) is 0 Å². The van der Waals surface area contributed by atoms with Crippen LogP contribution in [0.3, 0.4) is 0 Å². The van der Waals surface area contributed by atoms with Crippen molar-refractivity contribution in [1.82, 2.24) is 4.98 Å². The first kappa shape index (κ1) is 13.6. The molecule has 4 heteroatoms. The van der Waals surface area contributed by atoms with Crippen LogP contribution in [-0.2, 0) is 5.75 Å². The van der Waals surface area contributed by atoms with Gasteiger partial charge in [0.25, 0.3) is 0 Å². The number of nitrogens with zero attached hydrogens (tertiary/aromatic N) is 1. The zero-order valence-electron chi connectivity index (χ0n) is 10.1. The molecule has 0 aliphatic carbocycles. The number of hydrogen-bond acceptors (Lipinski definition) is 3. The highest BCUT2D eigenvalue weighted by molar-refractivity contribution is 9.10. The zero-order chi connectivity index (χ0) is 13.0. The summed E-state index contributed by atoms with van der Waals surface area (Å²) in [5.74, 6) is 0.921. The zero-order valence-corrected chi connectivity index (χ0v) is 12.5. The fraction of sp³-hybridized carbons (Fsp3) is 0.214. The second kappa shape index (κ2) is 6.36. The maximum absolute atomic E-state index is 5.83. The van der Waals surface area contributed by atoms with Gasteiger partial charge in [0.2, 0.25) is 0 Å². The van der Waals surface area contributed by atoms with Crippen LogP contribution in [0.1, 0.15) is 24.1 Å².